The highest BCUT2D eigenvalue weighted by atomic mass is 32.2. The minimum absolute atomic E-state index is 0.0219. The second kappa shape index (κ2) is 4.92. The SMILES string of the molecule is Nc1ccc(S(=O)(=O)N2C[C@@H](O)[C@@H](O)C2)c2ncccc12. The molecule has 1 aliphatic rings. The van der Waals surface area contributed by atoms with Crippen LogP contribution in [0.5, 0.6) is 0 Å². The fourth-order valence-corrected chi connectivity index (χ4v) is 4.07. The van der Waals surface area contributed by atoms with Crippen molar-refractivity contribution in [3.63, 3.8) is 0 Å². The molecule has 1 aliphatic heterocycles. The van der Waals surface area contributed by atoms with Crippen molar-refractivity contribution >= 4 is 26.6 Å². The largest absolute Gasteiger partial charge is 0.398 e. The van der Waals surface area contributed by atoms with Gasteiger partial charge in [-0.05, 0) is 24.3 Å². The summed E-state index contributed by atoms with van der Waals surface area (Å²) < 4.78 is 26.4. The van der Waals surface area contributed by atoms with Gasteiger partial charge in [-0.15, -0.1) is 0 Å². The summed E-state index contributed by atoms with van der Waals surface area (Å²) in [6.45, 7) is -0.273. The number of nitrogen functional groups attached to an aromatic ring is 1. The molecule has 0 unspecified atom stereocenters. The van der Waals surface area contributed by atoms with Crippen LogP contribution in [0.25, 0.3) is 10.9 Å². The first kappa shape index (κ1) is 14.2. The van der Waals surface area contributed by atoms with Crippen molar-refractivity contribution in [1.82, 2.24) is 9.29 Å². The van der Waals surface area contributed by atoms with Crippen LogP contribution in [0, 0.1) is 0 Å². The van der Waals surface area contributed by atoms with E-state index in [1.165, 1.54) is 18.3 Å². The van der Waals surface area contributed by atoms with E-state index in [1.807, 2.05) is 0 Å². The van der Waals surface area contributed by atoms with E-state index >= 15 is 0 Å². The van der Waals surface area contributed by atoms with E-state index in [4.69, 9.17) is 5.73 Å². The summed E-state index contributed by atoms with van der Waals surface area (Å²) in [5.74, 6) is 0. The molecule has 3 rings (SSSR count). The zero-order valence-corrected chi connectivity index (χ0v) is 11.9. The molecule has 8 heteroatoms. The Morgan fingerprint density at radius 3 is 2.52 bits per heavy atom. The molecule has 0 bridgehead atoms. The molecule has 0 saturated carbocycles. The maximum atomic E-state index is 12.7. The molecule has 2 atom stereocenters. The van der Waals surface area contributed by atoms with Crippen molar-refractivity contribution in [2.75, 3.05) is 18.8 Å². The number of aromatic nitrogens is 1. The molecule has 1 saturated heterocycles. The van der Waals surface area contributed by atoms with Gasteiger partial charge in [0.05, 0.1) is 17.7 Å². The number of nitrogens with two attached hydrogens (primary N) is 1. The van der Waals surface area contributed by atoms with Crippen LogP contribution in [0.3, 0.4) is 0 Å². The quantitative estimate of drug-likeness (QED) is 0.647. The second-order valence-corrected chi connectivity index (χ2v) is 6.92. The summed E-state index contributed by atoms with van der Waals surface area (Å²) in [5.41, 5.74) is 6.57. The van der Waals surface area contributed by atoms with Gasteiger partial charge in [0, 0.05) is 30.4 Å². The number of pyridine rings is 1. The predicted molar refractivity (Wildman–Crippen MR) is 76.9 cm³/mol. The van der Waals surface area contributed by atoms with Crippen molar-refractivity contribution in [2.45, 2.75) is 17.1 Å². The number of β-amino-alcohol motifs (C(OH)–C–C–N with tert-alkyl or cyclic N) is 2. The monoisotopic (exact) mass is 309 g/mol. The Bertz CT molecular complexity index is 783. The normalized spacial score (nSPS) is 23.7. The van der Waals surface area contributed by atoms with E-state index in [-0.39, 0.29) is 23.5 Å². The lowest BCUT2D eigenvalue weighted by molar-refractivity contribution is 0.0572. The van der Waals surface area contributed by atoms with Crippen LogP contribution in [-0.4, -0.2) is 53.2 Å². The molecule has 1 aromatic carbocycles. The lowest BCUT2D eigenvalue weighted by Gasteiger charge is -2.17. The van der Waals surface area contributed by atoms with Crippen molar-refractivity contribution in [1.29, 1.82) is 0 Å². The standard InChI is InChI=1S/C13H15N3O4S/c14-9-3-4-12(13-8(9)2-1-5-15-13)21(19,20)16-6-10(17)11(18)7-16/h1-5,10-11,17-18H,6-7,14H2/t10-,11+. The van der Waals surface area contributed by atoms with Gasteiger partial charge in [0.15, 0.2) is 0 Å². The number of rotatable bonds is 2. The van der Waals surface area contributed by atoms with Gasteiger partial charge < -0.3 is 15.9 Å². The Balaban J connectivity index is 2.14. The molecule has 0 aliphatic carbocycles. The van der Waals surface area contributed by atoms with E-state index in [0.717, 1.165) is 4.31 Å². The summed E-state index contributed by atoms with van der Waals surface area (Å²) in [6, 6.07) is 6.29. The minimum atomic E-state index is -3.85. The maximum Gasteiger partial charge on any atom is 0.245 e. The Kier molecular flexibility index (Phi) is 3.33. The van der Waals surface area contributed by atoms with E-state index < -0.39 is 22.2 Å². The van der Waals surface area contributed by atoms with Gasteiger partial charge in [-0.1, -0.05) is 0 Å². The van der Waals surface area contributed by atoms with Crippen LogP contribution in [0.1, 0.15) is 0 Å². The zero-order chi connectivity index (χ0) is 15.2. The molecule has 1 fully saturated rings. The first-order valence-corrected chi connectivity index (χ1v) is 7.85. The fourth-order valence-electron chi connectivity index (χ4n) is 2.45. The van der Waals surface area contributed by atoms with Gasteiger partial charge in [0.25, 0.3) is 0 Å². The molecular formula is C13H15N3O4S. The van der Waals surface area contributed by atoms with Crippen LogP contribution in [0.15, 0.2) is 35.4 Å². The van der Waals surface area contributed by atoms with Crippen LogP contribution in [0.2, 0.25) is 0 Å². The van der Waals surface area contributed by atoms with Crippen LogP contribution in [-0.2, 0) is 10.0 Å². The number of fused-ring (bicyclic) bond motifs is 1. The Labute approximate surface area is 121 Å². The number of aliphatic hydroxyl groups excluding tert-OH is 2. The number of hydrogen-bond acceptors (Lipinski definition) is 6. The minimum Gasteiger partial charge on any atom is -0.398 e. The number of anilines is 1. The van der Waals surface area contributed by atoms with Crippen molar-refractivity contribution in [2.24, 2.45) is 0 Å². The number of sulfonamides is 1. The van der Waals surface area contributed by atoms with Crippen molar-refractivity contribution in [3.8, 4) is 0 Å². The highest BCUT2D eigenvalue weighted by molar-refractivity contribution is 7.89. The third kappa shape index (κ3) is 2.26. The predicted octanol–water partition coefficient (Wildman–Crippen LogP) is -0.457. The summed E-state index contributed by atoms with van der Waals surface area (Å²) in [5, 5.41) is 19.6. The van der Waals surface area contributed by atoms with Crippen LogP contribution >= 0.6 is 0 Å². The fraction of sp³-hybridized carbons (Fsp3) is 0.308. The van der Waals surface area contributed by atoms with Gasteiger partial charge in [0.2, 0.25) is 10.0 Å². The maximum absolute atomic E-state index is 12.7. The van der Waals surface area contributed by atoms with Gasteiger partial charge in [0.1, 0.15) is 4.90 Å². The number of nitrogens with zero attached hydrogens (tertiary/aromatic N) is 2. The molecule has 112 valence electrons. The molecule has 7 nitrogen and oxygen atoms in total. The van der Waals surface area contributed by atoms with Crippen molar-refractivity contribution in [3.05, 3.63) is 30.5 Å². The summed E-state index contributed by atoms with van der Waals surface area (Å²) in [7, 11) is -3.85. The molecule has 2 heterocycles. The molecule has 0 spiro atoms. The lowest BCUT2D eigenvalue weighted by Crippen LogP contribution is -2.30. The van der Waals surface area contributed by atoms with Gasteiger partial charge in [-0.2, -0.15) is 4.31 Å². The summed E-state index contributed by atoms with van der Waals surface area (Å²) in [4.78, 5) is 4.13. The third-order valence-corrected chi connectivity index (χ3v) is 5.47. The molecular weight excluding hydrogens is 294 g/mol. The molecule has 21 heavy (non-hydrogen) atoms. The average molecular weight is 309 g/mol. The van der Waals surface area contributed by atoms with E-state index in [0.29, 0.717) is 11.1 Å². The summed E-state index contributed by atoms with van der Waals surface area (Å²) in [6.07, 6.45) is -0.658. The third-order valence-electron chi connectivity index (χ3n) is 3.61. The van der Waals surface area contributed by atoms with E-state index in [1.54, 1.807) is 12.1 Å². The van der Waals surface area contributed by atoms with Gasteiger partial charge in [-0.25, -0.2) is 8.42 Å². The molecule has 0 radical (unpaired) electrons. The Morgan fingerprint density at radius 1 is 1.19 bits per heavy atom. The average Bonchev–Trinajstić information content (AvgIpc) is 2.80. The zero-order valence-electron chi connectivity index (χ0n) is 11.0. The number of aliphatic hydroxyl groups is 2. The first-order valence-electron chi connectivity index (χ1n) is 6.41. The highest BCUT2D eigenvalue weighted by Crippen LogP contribution is 2.29. The molecule has 4 N–H and O–H groups in total. The molecule has 1 aromatic heterocycles. The first-order chi connectivity index (χ1) is 9.91. The van der Waals surface area contributed by atoms with Crippen molar-refractivity contribution < 1.29 is 18.6 Å². The van der Waals surface area contributed by atoms with Crippen LogP contribution in [0.4, 0.5) is 5.69 Å². The van der Waals surface area contributed by atoms with Crippen LogP contribution < -0.4 is 5.73 Å². The smallest absolute Gasteiger partial charge is 0.245 e. The summed E-state index contributed by atoms with van der Waals surface area (Å²) >= 11 is 0. The second-order valence-electron chi connectivity index (χ2n) is 5.01. The van der Waals surface area contributed by atoms with E-state index in [2.05, 4.69) is 4.98 Å². The molecule has 0 amide bonds. The van der Waals surface area contributed by atoms with Gasteiger partial charge in [-0.3, -0.25) is 4.98 Å². The topological polar surface area (TPSA) is 117 Å². The van der Waals surface area contributed by atoms with E-state index in [9.17, 15) is 18.6 Å². The highest BCUT2D eigenvalue weighted by Gasteiger charge is 2.38. The number of benzene rings is 1. The lowest BCUT2D eigenvalue weighted by atomic mass is 10.2. The Hall–Kier alpha value is -1.74. The Morgan fingerprint density at radius 2 is 1.86 bits per heavy atom. The number of hydrogen-bond donors (Lipinski definition) is 3. The van der Waals surface area contributed by atoms with Gasteiger partial charge >= 0.3 is 0 Å². The molecule has 2 aromatic rings.